The molecular formula is C16H20ClNO3. The molecule has 0 aliphatic carbocycles. The van der Waals surface area contributed by atoms with Crippen molar-refractivity contribution in [3.63, 3.8) is 0 Å². The Morgan fingerprint density at radius 2 is 1.95 bits per heavy atom. The summed E-state index contributed by atoms with van der Waals surface area (Å²) in [5, 5.41) is -0.200. The number of halogens is 1. The molecule has 1 heterocycles. The summed E-state index contributed by atoms with van der Waals surface area (Å²) in [4.78, 5) is 25.2. The summed E-state index contributed by atoms with van der Waals surface area (Å²) in [7, 11) is 0. The van der Waals surface area contributed by atoms with Crippen LogP contribution in [-0.4, -0.2) is 34.3 Å². The second kappa shape index (κ2) is 6.48. The van der Waals surface area contributed by atoms with Gasteiger partial charge in [-0.2, -0.15) is 0 Å². The molecule has 4 atom stereocenters. The smallest absolute Gasteiger partial charge is 0.302 e. The van der Waals surface area contributed by atoms with Crippen LogP contribution in [0.3, 0.4) is 0 Å². The van der Waals surface area contributed by atoms with Crippen LogP contribution in [0.15, 0.2) is 30.3 Å². The number of alkyl halides is 1. The lowest BCUT2D eigenvalue weighted by Crippen LogP contribution is -2.66. The first-order valence-corrected chi connectivity index (χ1v) is 7.51. The molecule has 1 fully saturated rings. The van der Waals surface area contributed by atoms with Crippen LogP contribution >= 0.6 is 11.6 Å². The fourth-order valence-corrected chi connectivity index (χ4v) is 3.20. The predicted molar refractivity (Wildman–Crippen MR) is 80.8 cm³/mol. The Hall–Kier alpha value is -1.55. The molecule has 5 heteroatoms. The number of carbonyl (C=O) groups excluding carboxylic acids is 2. The van der Waals surface area contributed by atoms with Crippen molar-refractivity contribution in [1.82, 2.24) is 4.90 Å². The molecular weight excluding hydrogens is 290 g/mol. The minimum atomic E-state index is -0.451. The van der Waals surface area contributed by atoms with E-state index in [2.05, 4.69) is 0 Å². The Labute approximate surface area is 130 Å². The first-order valence-electron chi connectivity index (χ1n) is 7.07. The summed E-state index contributed by atoms with van der Waals surface area (Å²) in [6.45, 7) is 5.49. The molecule has 114 valence electrons. The number of hydrogen-bond acceptors (Lipinski definition) is 3. The van der Waals surface area contributed by atoms with Crippen LogP contribution < -0.4 is 0 Å². The number of rotatable bonds is 5. The molecule has 0 N–H and O–H groups in total. The number of benzene rings is 1. The Kier molecular flexibility index (Phi) is 4.88. The van der Waals surface area contributed by atoms with E-state index in [1.54, 1.807) is 11.8 Å². The van der Waals surface area contributed by atoms with Gasteiger partial charge in [0.2, 0.25) is 5.91 Å². The van der Waals surface area contributed by atoms with Crippen LogP contribution in [-0.2, 0) is 20.9 Å². The summed E-state index contributed by atoms with van der Waals surface area (Å²) in [6.07, 6.45) is -0.451. The molecule has 1 aliphatic heterocycles. The third-order valence-electron chi connectivity index (χ3n) is 3.82. The molecule has 2 rings (SSSR count). The van der Waals surface area contributed by atoms with Crippen molar-refractivity contribution in [2.75, 3.05) is 0 Å². The molecule has 21 heavy (non-hydrogen) atoms. The number of amides is 1. The van der Waals surface area contributed by atoms with Crippen LogP contribution in [0, 0.1) is 5.92 Å². The predicted octanol–water partition coefficient (Wildman–Crippen LogP) is 2.59. The average Bonchev–Trinajstić information content (AvgIpc) is 2.41. The van der Waals surface area contributed by atoms with Crippen molar-refractivity contribution in [2.24, 2.45) is 5.92 Å². The maximum atomic E-state index is 12.4. The van der Waals surface area contributed by atoms with Gasteiger partial charge in [0.05, 0.1) is 17.3 Å². The highest BCUT2D eigenvalue weighted by Crippen LogP contribution is 2.36. The molecule has 0 spiro atoms. The third kappa shape index (κ3) is 3.38. The summed E-state index contributed by atoms with van der Waals surface area (Å²) in [5.74, 6) is -0.743. The summed E-state index contributed by atoms with van der Waals surface area (Å²) >= 11 is 6.25. The molecule has 0 radical (unpaired) electrons. The van der Waals surface area contributed by atoms with Gasteiger partial charge >= 0.3 is 5.97 Å². The molecule has 0 unspecified atom stereocenters. The van der Waals surface area contributed by atoms with Gasteiger partial charge in [0, 0.05) is 13.5 Å². The first-order chi connectivity index (χ1) is 9.91. The topological polar surface area (TPSA) is 46.6 Å². The molecule has 0 bridgehead atoms. The van der Waals surface area contributed by atoms with Crippen LogP contribution in [0.2, 0.25) is 0 Å². The molecule has 1 aromatic carbocycles. The number of carbonyl (C=O) groups is 2. The number of likely N-dealkylation sites (tertiary alicyclic amines) is 1. The van der Waals surface area contributed by atoms with E-state index in [-0.39, 0.29) is 29.2 Å². The van der Waals surface area contributed by atoms with E-state index in [1.165, 1.54) is 6.92 Å². The maximum Gasteiger partial charge on any atom is 0.302 e. The fourth-order valence-electron chi connectivity index (χ4n) is 2.91. The van der Waals surface area contributed by atoms with E-state index in [4.69, 9.17) is 16.3 Å². The van der Waals surface area contributed by atoms with E-state index in [9.17, 15) is 9.59 Å². The van der Waals surface area contributed by atoms with Gasteiger partial charge in [-0.1, -0.05) is 30.3 Å². The van der Waals surface area contributed by atoms with E-state index in [0.717, 1.165) is 5.56 Å². The Balaban J connectivity index is 2.10. The summed E-state index contributed by atoms with van der Waals surface area (Å²) in [5.41, 5.74) is 1.06. The quantitative estimate of drug-likeness (QED) is 0.477. The van der Waals surface area contributed by atoms with Gasteiger partial charge in [-0.05, 0) is 19.4 Å². The largest absolute Gasteiger partial charge is 0.462 e. The Morgan fingerprint density at radius 3 is 2.48 bits per heavy atom. The van der Waals surface area contributed by atoms with Gasteiger partial charge in [-0.25, -0.2) is 0 Å². The lowest BCUT2D eigenvalue weighted by atomic mass is 9.81. The second-order valence-corrected chi connectivity index (χ2v) is 6.15. The molecule has 1 amide bonds. The zero-order chi connectivity index (χ0) is 15.6. The van der Waals surface area contributed by atoms with Crippen LogP contribution in [0.4, 0.5) is 0 Å². The molecule has 4 nitrogen and oxygen atoms in total. The number of β-lactam (4-membered cyclic amide) rings is 1. The normalized spacial score (nSPS) is 24.2. The number of ether oxygens (including phenoxy) is 1. The lowest BCUT2D eigenvalue weighted by Gasteiger charge is -2.50. The highest BCUT2D eigenvalue weighted by molar-refractivity contribution is 6.21. The first kappa shape index (κ1) is 15.8. The van der Waals surface area contributed by atoms with Crippen molar-refractivity contribution in [3.05, 3.63) is 35.9 Å². The van der Waals surface area contributed by atoms with E-state index in [0.29, 0.717) is 6.54 Å². The third-order valence-corrected chi connectivity index (χ3v) is 4.08. The lowest BCUT2D eigenvalue weighted by molar-refractivity contribution is -0.173. The zero-order valence-electron chi connectivity index (χ0n) is 12.5. The maximum absolute atomic E-state index is 12.4. The summed E-state index contributed by atoms with van der Waals surface area (Å²) < 4.78 is 5.16. The van der Waals surface area contributed by atoms with Crippen LogP contribution in [0.1, 0.15) is 26.3 Å². The highest BCUT2D eigenvalue weighted by atomic mass is 35.5. The Bertz CT molecular complexity index is 518. The Morgan fingerprint density at radius 1 is 1.33 bits per heavy atom. The number of nitrogens with zero attached hydrogens (tertiary/aromatic N) is 1. The van der Waals surface area contributed by atoms with Gasteiger partial charge < -0.3 is 9.64 Å². The van der Waals surface area contributed by atoms with E-state index in [1.807, 2.05) is 37.3 Å². The molecule has 1 aromatic rings. The van der Waals surface area contributed by atoms with Gasteiger partial charge in [0.1, 0.15) is 6.10 Å². The molecule has 0 aromatic heterocycles. The van der Waals surface area contributed by atoms with Crippen molar-refractivity contribution < 1.29 is 14.3 Å². The monoisotopic (exact) mass is 309 g/mol. The molecule has 1 saturated heterocycles. The standard InChI is InChI=1S/C16H20ClNO3/c1-10(17)15-14(11(2)21-12(3)19)16(20)18(15)9-13-7-5-4-6-8-13/h4-8,10-11,14-15H,9H2,1-3H3/t10-,11-,14-,15-/m1/s1. The van der Waals surface area contributed by atoms with Crippen molar-refractivity contribution in [2.45, 2.75) is 44.8 Å². The van der Waals surface area contributed by atoms with Gasteiger partial charge in [-0.15, -0.1) is 11.6 Å². The SMILES string of the molecule is CC(=O)O[C@H](C)[C@H]1C(=O)N(Cc2ccccc2)[C@@H]1[C@@H](C)Cl. The number of esters is 1. The molecule has 0 saturated carbocycles. The van der Waals surface area contributed by atoms with Gasteiger partial charge in [0.15, 0.2) is 0 Å². The second-order valence-electron chi connectivity index (χ2n) is 5.46. The summed E-state index contributed by atoms with van der Waals surface area (Å²) in [6, 6.07) is 9.66. The van der Waals surface area contributed by atoms with Crippen molar-refractivity contribution in [3.8, 4) is 0 Å². The van der Waals surface area contributed by atoms with Crippen LogP contribution in [0.25, 0.3) is 0 Å². The molecule has 1 aliphatic rings. The number of hydrogen-bond donors (Lipinski definition) is 0. The zero-order valence-corrected chi connectivity index (χ0v) is 13.2. The fraction of sp³-hybridized carbons (Fsp3) is 0.500. The average molecular weight is 310 g/mol. The van der Waals surface area contributed by atoms with E-state index >= 15 is 0 Å². The van der Waals surface area contributed by atoms with Crippen molar-refractivity contribution in [1.29, 1.82) is 0 Å². The minimum absolute atomic E-state index is 0.00916. The van der Waals surface area contributed by atoms with Crippen molar-refractivity contribution >= 4 is 23.5 Å². The van der Waals surface area contributed by atoms with Gasteiger partial charge in [-0.3, -0.25) is 9.59 Å². The minimum Gasteiger partial charge on any atom is -0.462 e. The highest BCUT2D eigenvalue weighted by Gasteiger charge is 2.52. The van der Waals surface area contributed by atoms with Crippen LogP contribution in [0.5, 0.6) is 0 Å². The van der Waals surface area contributed by atoms with E-state index < -0.39 is 6.10 Å². The van der Waals surface area contributed by atoms with Gasteiger partial charge in [0.25, 0.3) is 0 Å².